The lowest BCUT2D eigenvalue weighted by Gasteiger charge is -2.06. The van der Waals surface area contributed by atoms with Gasteiger partial charge in [0.1, 0.15) is 5.82 Å². The average Bonchev–Trinajstić information content (AvgIpc) is 2.04. The molecule has 64 valence electrons. The number of nitrogens with two attached hydrogens (primary N) is 4. The van der Waals surface area contributed by atoms with Crippen LogP contribution in [0.15, 0.2) is 30.1 Å². The summed E-state index contributed by atoms with van der Waals surface area (Å²) < 4.78 is 0. The molecule has 0 atom stereocenters. The van der Waals surface area contributed by atoms with Gasteiger partial charge in [0.25, 0.3) is 0 Å². The molecule has 0 heterocycles. The van der Waals surface area contributed by atoms with Gasteiger partial charge in [-0.25, -0.2) is 0 Å². The van der Waals surface area contributed by atoms with Crippen molar-refractivity contribution in [1.29, 1.82) is 0 Å². The number of para-hydroxylation sites is 1. The molecule has 0 spiro atoms. The van der Waals surface area contributed by atoms with Crippen molar-refractivity contribution < 1.29 is 0 Å². The van der Waals surface area contributed by atoms with Gasteiger partial charge in [0, 0.05) is 11.3 Å². The summed E-state index contributed by atoms with van der Waals surface area (Å²) in [5.41, 5.74) is 23.4. The summed E-state index contributed by atoms with van der Waals surface area (Å²) in [5.74, 6) is 0.0906. The first-order chi connectivity index (χ1) is 5.63. The molecule has 0 unspecified atom stereocenters. The van der Waals surface area contributed by atoms with E-state index in [0.29, 0.717) is 16.9 Å². The van der Waals surface area contributed by atoms with Crippen LogP contribution in [-0.2, 0) is 0 Å². The summed E-state index contributed by atoms with van der Waals surface area (Å²) >= 11 is 0. The maximum absolute atomic E-state index is 5.63. The Morgan fingerprint density at radius 2 is 1.58 bits per heavy atom. The predicted molar refractivity (Wildman–Crippen MR) is 50.3 cm³/mol. The van der Waals surface area contributed by atoms with Crippen molar-refractivity contribution in [3.8, 4) is 0 Å². The van der Waals surface area contributed by atoms with E-state index < -0.39 is 0 Å². The monoisotopic (exact) mass is 164 g/mol. The van der Waals surface area contributed by atoms with Crippen LogP contribution < -0.4 is 22.9 Å². The Bertz CT molecular complexity index is 313. The van der Waals surface area contributed by atoms with Gasteiger partial charge >= 0.3 is 0 Å². The molecule has 0 aromatic heterocycles. The highest BCUT2D eigenvalue weighted by Crippen LogP contribution is 2.16. The van der Waals surface area contributed by atoms with Crippen molar-refractivity contribution in [1.82, 2.24) is 0 Å². The molecule has 1 rings (SSSR count). The van der Waals surface area contributed by atoms with Crippen molar-refractivity contribution in [2.24, 2.45) is 17.2 Å². The lowest BCUT2D eigenvalue weighted by Crippen LogP contribution is -2.16. The van der Waals surface area contributed by atoms with E-state index in [2.05, 4.69) is 0 Å². The molecular weight excluding hydrogens is 152 g/mol. The molecule has 4 heteroatoms. The van der Waals surface area contributed by atoms with Crippen LogP contribution in [0.5, 0.6) is 0 Å². The standard InChI is InChI=1S/C8H12N4/c9-6-4-2-1-3-5(6)7(10)8(11)12/h1-4H,9-12H2. The van der Waals surface area contributed by atoms with Crippen LogP contribution in [0, 0.1) is 0 Å². The first-order valence-corrected chi connectivity index (χ1v) is 3.48. The Kier molecular flexibility index (Phi) is 2.09. The van der Waals surface area contributed by atoms with Crippen LogP contribution in [-0.4, -0.2) is 0 Å². The minimum atomic E-state index is 0.0906. The van der Waals surface area contributed by atoms with Crippen molar-refractivity contribution in [3.63, 3.8) is 0 Å². The Morgan fingerprint density at radius 1 is 1.00 bits per heavy atom. The minimum absolute atomic E-state index is 0.0906. The summed E-state index contributed by atoms with van der Waals surface area (Å²) in [6.45, 7) is 0. The minimum Gasteiger partial charge on any atom is -0.398 e. The Balaban J connectivity index is 3.21. The van der Waals surface area contributed by atoms with Gasteiger partial charge in [0.05, 0.1) is 5.70 Å². The number of nitrogen functional groups attached to an aromatic ring is 1. The second kappa shape index (κ2) is 3.04. The third kappa shape index (κ3) is 1.42. The fraction of sp³-hybridized carbons (Fsp3) is 0. The van der Waals surface area contributed by atoms with Gasteiger partial charge in [-0.1, -0.05) is 18.2 Å². The summed E-state index contributed by atoms with van der Waals surface area (Å²) in [6, 6.07) is 7.15. The van der Waals surface area contributed by atoms with Gasteiger partial charge in [0.15, 0.2) is 0 Å². The molecular formula is C8H12N4. The van der Waals surface area contributed by atoms with E-state index in [-0.39, 0.29) is 5.82 Å². The number of hydrogen-bond donors (Lipinski definition) is 4. The lowest BCUT2D eigenvalue weighted by atomic mass is 10.1. The fourth-order valence-electron chi connectivity index (χ4n) is 0.898. The van der Waals surface area contributed by atoms with E-state index in [1.54, 1.807) is 12.1 Å². The van der Waals surface area contributed by atoms with Crippen LogP contribution in [0.3, 0.4) is 0 Å². The van der Waals surface area contributed by atoms with Gasteiger partial charge in [0.2, 0.25) is 0 Å². The average molecular weight is 164 g/mol. The molecule has 0 aliphatic heterocycles. The third-order valence-electron chi connectivity index (χ3n) is 1.56. The van der Waals surface area contributed by atoms with E-state index in [4.69, 9.17) is 22.9 Å². The van der Waals surface area contributed by atoms with Gasteiger partial charge < -0.3 is 22.9 Å². The zero-order valence-electron chi connectivity index (χ0n) is 6.62. The predicted octanol–water partition coefficient (Wildman–Crippen LogP) is -0.229. The van der Waals surface area contributed by atoms with Gasteiger partial charge in [-0.15, -0.1) is 0 Å². The largest absolute Gasteiger partial charge is 0.398 e. The molecule has 0 aliphatic carbocycles. The second-order valence-electron chi connectivity index (χ2n) is 2.46. The Labute approximate surface area is 70.8 Å². The Hall–Kier alpha value is -1.84. The molecule has 0 fully saturated rings. The molecule has 0 aliphatic rings. The van der Waals surface area contributed by atoms with E-state index in [1.807, 2.05) is 12.1 Å². The summed E-state index contributed by atoms with van der Waals surface area (Å²) in [6.07, 6.45) is 0. The molecule has 0 bridgehead atoms. The van der Waals surface area contributed by atoms with Gasteiger partial charge in [-0.2, -0.15) is 0 Å². The molecule has 0 radical (unpaired) electrons. The number of benzene rings is 1. The lowest BCUT2D eigenvalue weighted by molar-refractivity contribution is 1.23. The van der Waals surface area contributed by atoms with Crippen LogP contribution in [0.1, 0.15) is 5.56 Å². The maximum Gasteiger partial charge on any atom is 0.118 e. The van der Waals surface area contributed by atoms with Crippen molar-refractivity contribution in [2.75, 3.05) is 5.73 Å². The first kappa shape index (κ1) is 8.26. The van der Waals surface area contributed by atoms with Crippen molar-refractivity contribution >= 4 is 11.4 Å². The highest BCUT2D eigenvalue weighted by Gasteiger charge is 2.02. The van der Waals surface area contributed by atoms with E-state index in [9.17, 15) is 0 Å². The maximum atomic E-state index is 5.63. The topological polar surface area (TPSA) is 104 Å². The normalized spacial score (nSPS) is 9.33. The Morgan fingerprint density at radius 3 is 2.08 bits per heavy atom. The zero-order valence-corrected chi connectivity index (χ0v) is 6.62. The zero-order chi connectivity index (χ0) is 9.14. The summed E-state index contributed by atoms with van der Waals surface area (Å²) in [5, 5.41) is 0. The van der Waals surface area contributed by atoms with Crippen molar-refractivity contribution in [3.05, 3.63) is 35.6 Å². The van der Waals surface area contributed by atoms with Gasteiger partial charge in [-0.3, -0.25) is 0 Å². The molecule has 1 aromatic rings. The summed E-state index contributed by atoms with van der Waals surface area (Å²) in [4.78, 5) is 0. The van der Waals surface area contributed by atoms with E-state index >= 15 is 0 Å². The van der Waals surface area contributed by atoms with Gasteiger partial charge in [-0.05, 0) is 6.07 Å². The molecule has 12 heavy (non-hydrogen) atoms. The molecule has 8 N–H and O–H groups in total. The van der Waals surface area contributed by atoms with E-state index in [0.717, 1.165) is 0 Å². The molecule has 4 nitrogen and oxygen atoms in total. The fourth-order valence-corrected chi connectivity index (χ4v) is 0.898. The first-order valence-electron chi connectivity index (χ1n) is 3.48. The van der Waals surface area contributed by atoms with Crippen LogP contribution in [0.2, 0.25) is 0 Å². The van der Waals surface area contributed by atoms with Crippen LogP contribution in [0.25, 0.3) is 5.70 Å². The number of rotatable bonds is 1. The number of anilines is 1. The van der Waals surface area contributed by atoms with Crippen LogP contribution in [0.4, 0.5) is 5.69 Å². The highest BCUT2D eigenvalue weighted by atomic mass is 14.8. The quantitative estimate of drug-likeness (QED) is 0.430. The SMILES string of the molecule is NC(N)=C(N)c1ccccc1N. The van der Waals surface area contributed by atoms with Crippen LogP contribution >= 0.6 is 0 Å². The highest BCUT2D eigenvalue weighted by molar-refractivity contribution is 5.74. The van der Waals surface area contributed by atoms with Crippen molar-refractivity contribution in [2.45, 2.75) is 0 Å². The molecule has 1 aromatic carbocycles. The number of hydrogen-bond acceptors (Lipinski definition) is 4. The van der Waals surface area contributed by atoms with E-state index in [1.165, 1.54) is 0 Å². The smallest absolute Gasteiger partial charge is 0.118 e. The third-order valence-corrected chi connectivity index (χ3v) is 1.56. The second-order valence-corrected chi connectivity index (χ2v) is 2.46. The molecule has 0 saturated carbocycles. The summed E-state index contributed by atoms with van der Waals surface area (Å²) in [7, 11) is 0. The molecule has 0 amide bonds. The molecule has 0 saturated heterocycles.